The molecule has 2 rings (SSSR count). The highest BCUT2D eigenvalue weighted by molar-refractivity contribution is 5.95. The van der Waals surface area contributed by atoms with Crippen molar-refractivity contribution >= 4 is 11.6 Å². The first-order chi connectivity index (χ1) is 12.6. The molecule has 1 saturated heterocycles. The number of nitrogens with zero attached hydrogens (tertiary/aromatic N) is 2. The van der Waals surface area contributed by atoms with Crippen LogP contribution >= 0.6 is 0 Å². The second-order valence-corrected chi connectivity index (χ2v) is 7.18. The van der Waals surface area contributed by atoms with Crippen molar-refractivity contribution in [2.75, 3.05) is 19.7 Å². The number of hydrazone groups is 1. The molecular formula is C21H33N3O2. The molecule has 0 atom stereocenters. The van der Waals surface area contributed by atoms with E-state index in [0.717, 1.165) is 50.4 Å². The number of carbonyl (C=O) groups is 1. The Balaban J connectivity index is 1.75. The molecule has 1 amide bonds. The van der Waals surface area contributed by atoms with E-state index in [9.17, 15) is 4.79 Å². The Morgan fingerprint density at radius 3 is 2.46 bits per heavy atom. The zero-order chi connectivity index (χ0) is 18.8. The molecule has 5 nitrogen and oxygen atoms in total. The van der Waals surface area contributed by atoms with Gasteiger partial charge in [0, 0.05) is 43.2 Å². The zero-order valence-corrected chi connectivity index (χ0v) is 16.5. The molecule has 1 aliphatic heterocycles. The van der Waals surface area contributed by atoms with Gasteiger partial charge in [-0.15, -0.1) is 0 Å². The van der Waals surface area contributed by atoms with E-state index in [1.54, 1.807) is 12.1 Å². The third-order valence-corrected chi connectivity index (χ3v) is 4.80. The summed E-state index contributed by atoms with van der Waals surface area (Å²) in [7, 11) is 0. The third kappa shape index (κ3) is 6.79. The van der Waals surface area contributed by atoms with Crippen molar-refractivity contribution in [1.82, 2.24) is 10.3 Å². The predicted molar refractivity (Wildman–Crippen MR) is 107 cm³/mol. The lowest BCUT2D eigenvalue weighted by atomic mass is 10.1. The van der Waals surface area contributed by atoms with Crippen molar-refractivity contribution in [2.24, 2.45) is 5.10 Å². The van der Waals surface area contributed by atoms with Crippen LogP contribution in [0.5, 0.6) is 5.75 Å². The number of hydrogen-bond donors (Lipinski definition) is 1. The molecule has 0 bridgehead atoms. The molecule has 1 fully saturated rings. The van der Waals surface area contributed by atoms with Gasteiger partial charge in [0.05, 0.1) is 6.61 Å². The highest BCUT2D eigenvalue weighted by Crippen LogP contribution is 2.14. The van der Waals surface area contributed by atoms with Gasteiger partial charge in [0.1, 0.15) is 5.75 Å². The van der Waals surface area contributed by atoms with Gasteiger partial charge in [-0.25, -0.2) is 5.43 Å². The predicted octanol–water partition coefficient (Wildman–Crippen LogP) is 4.24. The summed E-state index contributed by atoms with van der Waals surface area (Å²) in [4.78, 5) is 14.7. The Morgan fingerprint density at radius 1 is 1.15 bits per heavy atom. The molecule has 144 valence electrons. The van der Waals surface area contributed by atoms with Gasteiger partial charge < -0.3 is 9.64 Å². The minimum atomic E-state index is -0.168. The van der Waals surface area contributed by atoms with Crippen molar-refractivity contribution in [3.8, 4) is 5.75 Å². The Labute approximate surface area is 157 Å². The maximum Gasteiger partial charge on any atom is 0.271 e. The number of unbranched alkanes of at least 4 members (excludes halogenated alkanes) is 3. The Hall–Kier alpha value is -1.88. The van der Waals surface area contributed by atoms with Gasteiger partial charge in [0.15, 0.2) is 0 Å². The van der Waals surface area contributed by atoms with Crippen molar-refractivity contribution in [2.45, 2.75) is 65.3 Å². The summed E-state index contributed by atoms with van der Waals surface area (Å²) in [6, 6.07) is 7.85. The molecule has 0 aliphatic carbocycles. The Morgan fingerprint density at radius 2 is 1.85 bits per heavy atom. The first kappa shape index (κ1) is 20.4. The van der Waals surface area contributed by atoms with E-state index in [1.165, 1.54) is 19.3 Å². The number of ether oxygens (including phenoxy) is 1. The number of hydrogen-bond acceptors (Lipinski definition) is 4. The average molecular weight is 360 g/mol. The first-order valence-electron chi connectivity index (χ1n) is 9.93. The fourth-order valence-electron chi connectivity index (χ4n) is 3.03. The van der Waals surface area contributed by atoms with Crippen LogP contribution in [0.3, 0.4) is 0 Å². The van der Waals surface area contributed by atoms with Crippen molar-refractivity contribution in [1.29, 1.82) is 0 Å². The summed E-state index contributed by atoms with van der Waals surface area (Å²) in [5, 5.41) is 4.31. The van der Waals surface area contributed by atoms with Crippen LogP contribution in [0, 0.1) is 0 Å². The minimum absolute atomic E-state index is 0.168. The summed E-state index contributed by atoms with van der Waals surface area (Å²) in [5.74, 6) is 0.642. The topological polar surface area (TPSA) is 53.9 Å². The van der Waals surface area contributed by atoms with Crippen LogP contribution in [0.1, 0.15) is 69.7 Å². The van der Waals surface area contributed by atoms with Crippen LogP contribution in [-0.4, -0.2) is 42.3 Å². The molecule has 5 heteroatoms. The Kier molecular flexibility index (Phi) is 8.62. The van der Waals surface area contributed by atoms with E-state index in [0.29, 0.717) is 11.6 Å². The average Bonchev–Trinajstić information content (AvgIpc) is 2.66. The van der Waals surface area contributed by atoms with E-state index in [-0.39, 0.29) is 5.91 Å². The van der Waals surface area contributed by atoms with E-state index in [2.05, 4.69) is 36.2 Å². The second-order valence-electron chi connectivity index (χ2n) is 7.18. The minimum Gasteiger partial charge on any atom is -0.494 e. The first-order valence-corrected chi connectivity index (χ1v) is 9.93. The molecule has 1 aromatic rings. The normalized spacial score (nSPS) is 15.2. The fourth-order valence-corrected chi connectivity index (χ4v) is 3.03. The highest BCUT2D eigenvalue weighted by Gasteiger charge is 2.17. The SMILES string of the molecule is CCCCCCOc1ccc(C(=O)NN=C2CCN(C(C)C)CC2)cc1. The van der Waals surface area contributed by atoms with Gasteiger partial charge in [-0.05, 0) is 44.5 Å². The highest BCUT2D eigenvalue weighted by atomic mass is 16.5. The number of nitrogens with one attached hydrogen (secondary N) is 1. The fraction of sp³-hybridized carbons (Fsp3) is 0.619. The quantitative estimate of drug-likeness (QED) is 0.530. The summed E-state index contributed by atoms with van der Waals surface area (Å²) >= 11 is 0. The molecule has 0 radical (unpaired) electrons. The van der Waals surface area contributed by atoms with Crippen LogP contribution in [0.4, 0.5) is 0 Å². The molecule has 0 unspecified atom stereocenters. The number of amides is 1. The molecule has 1 heterocycles. The lowest BCUT2D eigenvalue weighted by Gasteiger charge is -2.30. The standard InChI is InChI=1S/C21H33N3O2/c1-4-5-6-7-16-26-20-10-8-18(9-11-20)21(25)23-22-19-12-14-24(15-13-19)17(2)3/h8-11,17H,4-7,12-16H2,1-3H3,(H,23,25). The molecule has 0 spiro atoms. The molecule has 1 aromatic carbocycles. The summed E-state index contributed by atoms with van der Waals surface area (Å²) in [5.41, 5.74) is 4.36. The monoisotopic (exact) mass is 359 g/mol. The van der Waals surface area contributed by atoms with Crippen LogP contribution in [-0.2, 0) is 0 Å². The number of likely N-dealkylation sites (tertiary alicyclic amines) is 1. The smallest absolute Gasteiger partial charge is 0.271 e. The van der Waals surface area contributed by atoms with Crippen LogP contribution in [0.25, 0.3) is 0 Å². The van der Waals surface area contributed by atoms with Crippen LogP contribution in [0.15, 0.2) is 29.4 Å². The van der Waals surface area contributed by atoms with Gasteiger partial charge in [0.2, 0.25) is 0 Å². The molecule has 1 N–H and O–H groups in total. The van der Waals surface area contributed by atoms with Gasteiger partial charge in [-0.3, -0.25) is 4.79 Å². The number of piperidine rings is 1. The largest absolute Gasteiger partial charge is 0.494 e. The van der Waals surface area contributed by atoms with E-state index < -0.39 is 0 Å². The molecule has 0 saturated carbocycles. The number of carbonyl (C=O) groups excluding carboxylic acids is 1. The van der Waals surface area contributed by atoms with Crippen LogP contribution < -0.4 is 10.2 Å². The zero-order valence-electron chi connectivity index (χ0n) is 16.5. The third-order valence-electron chi connectivity index (χ3n) is 4.80. The number of rotatable bonds is 9. The second kappa shape index (κ2) is 11.0. The van der Waals surface area contributed by atoms with Gasteiger partial charge >= 0.3 is 0 Å². The van der Waals surface area contributed by atoms with E-state index in [1.807, 2.05) is 12.1 Å². The summed E-state index contributed by atoms with van der Waals surface area (Å²) in [6.07, 6.45) is 6.59. The van der Waals surface area contributed by atoms with Crippen molar-refractivity contribution < 1.29 is 9.53 Å². The maximum absolute atomic E-state index is 12.2. The van der Waals surface area contributed by atoms with E-state index >= 15 is 0 Å². The lowest BCUT2D eigenvalue weighted by molar-refractivity contribution is 0.0954. The maximum atomic E-state index is 12.2. The van der Waals surface area contributed by atoms with Crippen molar-refractivity contribution in [3.63, 3.8) is 0 Å². The Bertz CT molecular complexity index is 571. The lowest BCUT2D eigenvalue weighted by Crippen LogP contribution is -2.39. The van der Waals surface area contributed by atoms with Crippen molar-refractivity contribution in [3.05, 3.63) is 29.8 Å². The summed E-state index contributed by atoms with van der Waals surface area (Å²) < 4.78 is 5.71. The molecule has 26 heavy (non-hydrogen) atoms. The van der Waals surface area contributed by atoms with Gasteiger partial charge in [-0.1, -0.05) is 26.2 Å². The molecule has 0 aromatic heterocycles. The molecule has 1 aliphatic rings. The molecular weight excluding hydrogens is 326 g/mol. The van der Waals surface area contributed by atoms with Gasteiger partial charge in [-0.2, -0.15) is 5.10 Å². The van der Waals surface area contributed by atoms with Gasteiger partial charge in [0.25, 0.3) is 5.91 Å². The summed E-state index contributed by atoms with van der Waals surface area (Å²) in [6.45, 7) is 9.37. The van der Waals surface area contributed by atoms with E-state index in [4.69, 9.17) is 4.74 Å². The number of benzene rings is 1. The van der Waals surface area contributed by atoms with Crippen LogP contribution in [0.2, 0.25) is 0 Å².